The highest BCUT2D eigenvalue weighted by Crippen LogP contribution is 2.19. The van der Waals surface area contributed by atoms with E-state index in [9.17, 15) is 9.18 Å². The van der Waals surface area contributed by atoms with Crippen LogP contribution in [0.5, 0.6) is 0 Å². The van der Waals surface area contributed by atoms with Crippen molar-refractivity contribution >= 4 is 23.4 Å². The minimum absolute atomic E-state index is 0.0624. The summed E-state index contributed by atoms with van der Waals surface area (Å²) in [5.74, 6) is 1.04. The number of nitrogens with zero attached hydrogens (tertiary/aromatic N) is 3. The molecule has 2 aromatic carbocycles. The van der Waals surface area contributed by atoms with Gasteiger partial charge in [-0.1, -0.05) is 48.2 Å². The molecule has 1 heterocycles. The highest BCUT2D eigenvalue weighted by molar-refractivity contribution is 7.99. The van der Waals surface area contributed by atoms with E-state index >= 15 is 0 Å². The van der Waals surface area contributed by atoms with Crippen LogP contribution in [-0.4, -0.2) is 26.4 Å². The number of thioether (sulfide) groups is 1. The molecule has 0 saturated heterocycles. The molecule has 8 heteroatoms. The van der Waals surface area contributed by atoms with Crippen molar-refractivity contribution in [1.29, 1.82) is 0 Å². The monoisotopic (exact) mass is 425 g/mol. The number of benzene rings is 2. The van der Waals surface area contributed by atoms with E-state index in [1.165, 1.54) is 23.9 Å². The van der Waals surface area contributed by atoms with Gasteiger partial charge in [-0.15, -0.1) is 16.8 Å². The largest absolute Gasteiger partial charge is 0.378 e. The van der Waals surface area contributed by atoms with Crippen LogP contribution in [0.1, 0.15) is 17.8 Å². The van der Waals surface area contributed by atoms with Crippen molar-refractivity contribution in [2.75, 3.05) is 11.1 Å². The van der Waals surface area contributed by atoms with Crippen LogP contribution in [-0.2, 0) is 24.4 Å². The summed E-state index contributed by atoms with van der Waals surface area (Å²) in [6.07, 6.45) is 2.15. The lowest BCUT2D eigenvalue weighted by Gasteiger charge is -2.09. The molecule has 1 aromatic heterocycles. The van der Waals surface area contributed by atoms with Gasteiger partial charge in [0, 0.05) is 31.0 Å². The summed E-state index contributed by atoms with van der Waals surface area (Å²) in [5, 5.41) is 15.5. The molecule has 2 N–H and O–H groups in total. The molecule has 30 heavy (non-hydrogen) atoms. The Morgan fingerprint density at radius 3 is 2.60 bits per heavy atom. The van der Waals surface area contributed by atoms with E-state index in [1.807, 2.05) is 34.9 Å². The van der Waals surface area contributed by atoms with Crippen LogP contribution < -0.4 is 10.6 Å². The molecule has 0 bridgehead atoms. The van der Waals surface area contributed by atoms with E-state index in [1.54, 1.807) is 18.2 Å². The first-order valence-corrected chi connectivity index (χ1v) is 10.6. The van der Waals surface area contributed by atoms with Gasteiger partial charge in [0.25, 0.3) is 0 Å². The average molecular weight is 426 g/mol. The van der Waals surface area contributed by atoms with Gasteiger partial charge in [0.1, 0.15) is 5.82 Å². The smallest absolute Gasteiger partial charge is 0.221 e. The van der Waals surface area contributed by atoms with Crippen molar-refractivity contribution in [3.05, 3.63) is 84.5 Å². The van der Waals surface area contributed by atoms with Gasteiger partial charge in [0.05, 0.1) is 6.54 Å². The third-order valence-corrected chi connectivity index (χ3v) is 5.26. The van der Waals surface area contributed by atoms with Crippen LogP contribution in [0.2, 0.25) is 0 Å². The highest BCUT2D eigenvalue weighted by atomic mass is 32.2. The first kappa shape index (κ1) is 21.6. The predicted molar refractivity (Wildman–Crippen MR) is 118 cm³/mol. The van der Waals surface area contributed by atoms with Gasteiger partial charge >= 0.3 is 0 Å². The molecule has 0 saturated carbocycles. The Bertz CT molecular complexity index is 959. The number of para-hydroxylation sites is 1. The Morgan fingerprint density at radius 2 is 1.87 bits per heavy atom. The van der Waals surface area contributed by atoms with Gasteiger partial charge in [-0.2, -0.15) is 0 Å². The Hall–Kier alpha value is -3.13. The Balaban J connectivity index is 1.48. The van der Waals surface area contributed by atoms with Crippen LogP contribution in [0.3, 0.4) is 0 Å². The Labute approximate surface area is 179 Å². The number of halogens is 1. The molecular weight excluding hydrogens is 401 g/mol. The minimum Gasteiger partial charge on any atom is -0.378 e. The normalized spacial score (nSPS) is 10.6. The van der Waals surface area contributed by atoms with Gasteiger partial charge in [0.15, 0.2) is 11.0 Å². The molecule has 3 rings (SSSR count). The van der Waals surface area contributed by atoms with Crippen molar-refractivity contribution in [2.24, 2.45) is 0 Å². The van der Waals surface area contributed by atoms with E-state index in [2.05, 4.69) is 27.4 Å². The first-order valence-electron chi connectivity index (χ1n) is 9.61. The van der Waals surface area contributed by atoms with E-state index in [-0.39, 0.29) is 11.7 Å². The fraction of sp³-hybridized carbons (Fsp3) is 0.227. The number of hydrogen-bond acceptors (Lipinski definition) is 5. The lowest BCUT2D eigenvalue weighted by Crippen LogP contribution is -2.23. The van der Waals surface area contributed by atoms with E-state index in [4.69, 9.17) is 0 Å². The lowest BCUT2D eigenvalue weighted by atomic mass is 10.2. The third-order valence-electron chi connectivity index (χ3n) is 4.29. The maximum absolute atomic E-state index is 12.9. The van der Waals surface area contributed by atoms with Crippen molar-refractivity contribution < 1.29 is 9.18 Å². The van der Waals surface area contributed by atoms with Crippen LogP contribution in [0.4, 0.5) is 10.1 Å². The molecule has 1 amide bonds. The second-order valence-corrected chi connectivity index (χ2v) is 7.58. The zero-order chi connectivity index (χ0) is 21.2. The number of carbonyl (C=O) groups excluding carboxylic acids is 1. The Morgan fingerprint density at radius 1 is 1.10 bits per heavy atom. The maximum atomic E-state index is 12.9. The fourth-order valence-electron chi connectivity index (χ4n) is 2.73. The second kappa shape index (κ2) is 11.2. The molecule has 0 aliphatic carbocycles. The number of anilines is 1. The second-order valence-electron chi connectivity index (χ2n) is 6.52. The number of hydrogen-bond donors (Lipinski definition) is 2. The zero-order valence-corrected chi connectivity index (χ0v) is 17.4. The summed E-state index contributed by atoms with van der Waals surface area (Å²) in [7, 11) is 0. The molecular formula is C22H24FN5OS. The van der Waals surface area contributed by atoms with Crippen molar-refractivity contribution in [1.82, 2.24) is 20.1 Å². The summed E-state index contributed by atoms with van der Waals surface area (Å²) in [6, 6.07) is 16.0. The molecule has 0 aliphatic heterocycles. The Kier molecular flexibility index (Phi) is 8.02. The van der Waals surface area contributed by atoms with Gasteiger partial charge in [-0.05, 0) is 29.8 Å². The van der Waals surface area contributed by atoms with Gasteiger partial charge < -0.3 is 15.2 Å². The molecule has 0 aliphatic rings. The standard InChI is InChI=1S/C22H24FN5OS/c1-2-13-28-20(16-24-19-6-4-3-5-7-19)26-27-22(28)30-14-12-21(29)25-15-17-8-10-18(23)11-9-17/h2-11,24H,1,12-16H2,(H,25,29). The lowest BCUT2D eigenvalue weighted by molar-refractivity contribution is -0.120. The van der Waals surface area contributed by atoms with Crippen LogP contribution in [0, 0.1) is 5.82 Å². The average Bonchev–Trinajstić information content (AvgIpc) is 3.14. The summed E-state index contributed by atoms with van der Waals surface area (Å²) in [4.78, 5) is 12.1. The van der Waals surface area contributed by atoms with Crippen molar-refractivity contribution in [2.45, 2.75) is 31.2 Å². The minimum atomic E-state index is -0.288. The quantitative estimate of drug-likeness (QED) is 0.359. The molecule has 3 aromatic rings. The molecule has 0 unspecified atom stereocenters. The number of amides is 1. The number of nitrogens with one attached hydrogen (secondary N) is 2. The van der Waals surface area contributed by atoms with Crippen LogP contribution >= 0.6 is 11.8 Å². The maximum Gasteiger partial charge on any atom is 0.221 e. The molecule has 156 valence electrons. The number of allylic oxidation sites excluding steroid dienone is 1. The zero-order valence-electron chi connectivity index (χ0n) is 16.6. The van der Waals surface area contributed by atoms with E-state index in [0.717, 1.165) is 22.2 Å². The van der Waals surface area contributed by atoms with Crippen molar-refractivity contribution in [3.63, 3.8) is 0 Å². The first-order chi connectivity index (χ1) is 14.7. The summed E-state index contributed by atoms with van der Waals surface area (Å²) >= 11 is 1.48. The van der Waals surface area contributed by atoms with Crippen LogP contribution in [0.25, 0.3) is 0 Å². The molecule has 0 spiro atoms. The molecule has 0 fully saturated rings. The van der Waals surface area contributed by atoms with Gasteiger partial charge in [-0.3, -0.25) is 4.79 Å². The highest BCUT2D eigenvalue weighted by Gasteiger charge is 2.12. The topological polar surface area (TPSA) is 71.8 Å². The summed E-state index contributed by atoms with van der Waals surface area (Å²) in [5.41, 5.74) is 1.87. The fourth-order valence-corrected chi connectivity index (χ4v) is 3.64. The van der Waals surface area contributed by atoms with Gasteiger partial charge in [-0.25, -0.2) is 4.39 Å². The van der Waals surface area contributed by atoms with E-state index in [0.29, 0.717) is 31.8 Å². The summed E-state index contributed by atoms with van der Waals surface area (Å²) < 4.78 is 14.9. The number of carbonyl (C=O) groups is 1. The van der Waals surface area contributed by atoms with E-state index < -0.39 is 0 Å². The van der Waals surface area contributed by atoms with Crippen molar-refractivity contribution in [3.8, 4) is 0 Å². The molecule has 6 nitrogen and oxygen atoms in total. The third kappa shape index (κ3) is 6.45. The predicted octanol–water partition coefficient (Wildman–Crippen LogP) is 4.01. The number of aromatic nitrogens is 3. The summed E-state index contributed by atoms with van der Waals surface area (Å²) in [6.45, 7) is 5.33. The SMILES string of the molecule is C=CCn1c(CNc2ccccc2)nnc1SCCC(=O)NCc1ccc(F)cc1. The number of rotatable bonds is 11. The molecule has 0 radical (unpaired) electrons. The molecule has 0 atom stereocenters. The van der Waals surface area contributed by atoms with Gasteiger partial charge in [0.2, 0.25) is 5.91 Å². The van der Waals surface area contributed by atoms with Crippen LogP contribution in [0.15, 0.2) is 72.4 Å².